The number of carbonyl (C=O) groups is 2. The molecule has 1 fully saturated rings. The number of nitrogens with one attached hydrogen (secondary N) is 1. The van der Waals surface area contributed by atoms with Gasteiger partial charge in [-0.3, -0.25) is 9.59 Å². The molecule has 2 atom stereocenters. The predicted molar refractivity (Wildman–Crippen MR) is 74.0 cm³/mol. The van der Waals surface area contributed by atoms with Gasteiger partial charge >= 0.3 is 5.97 Å². The first-order valence-electron chi connectivity index (χ1n) is 6.70. The first-order valence-corrected chi connectivity index (χ1v) is 7.51. The largest absolute Gasteiger partial charge is 0.481 e. The van der Waals surface area contributed by atoms with Crippen molar-refractivity contribution in [2.75, 3.05) is 0 Å². The van der Waals surface area contributed by atoms with Crippen LogP contribution in [0.15, 0.2) is 12.1 Å². The van der Waals surface area contributed by atoms with Crippen molar-refractivity contribution in [1.82, 2.24) is 5.32 Å². The second-order valence-corrected chi connectivity index (χ2v) is 6.17. The standard InChI is InChI=1S/C14H19NO3S/c1-2-9-6-7-10(19-9)8-15-13(16)11-4-3-5-12(11)14(17)18/h6-7,11-12H,2-5,8H2,1H3,(H,15,16)(H,17,18). The number of rotatable bonds is 5. The molecule has 1 aliphatic carbocycles. The monoisotopic (exact) mass is 281 g/mol. The van der Waals surface area contributed by atoms with E-state index in [1.165, 1.54) is 4.88 Å². The summed E-state index contributed by atoms with van der Waals surface area (Å²) in [5.74, 6) is -1.82. The van der Waals surface area contributed by atoms with Gasteiger partial charge in [-0.05, 0) is 31.4 Å². The topological polar surface area (TPSA) is 66.4 Å². The molecule has 2 N–H and O–H groups in total. The number of thiophene rings is 1. The van der Waals surface area contributed by atoms with Crippen molar-refractivity contribution in [3.8, 4) is 0 Å². The van der Waals surface area contributed by atoms with E-state index in [4.69, 9.17) is 5.11 Å². The van der Waals surface area contributed by atoms with Gasteiger partial charge in [0, 0.05) is 9.75 Å². The summed E-state index contributed by atoms with van der Waals surface area (Å²) in [5.41, 5.74) is 0. The maximum atomic E-state index is 12.0. The van der Waals surface area contributed by atoms with Crippen LogP contribution in [-0.2, 0) is 22.6 Å². The molecule has 2 unspecified atom stereocenters. The lowest BCUT2D eigenvalue weighted by Gasteiger charge is -2.15. The van der Waals surface area contributed by atoms with Crippen molar-refractivity contribution in [3.63, 3.8) is 0 Å². The van der Waals surface area contributed by atoms with Crippen LogP contribution < -0.4 is 5.32 Å². The maximum Gasteiger partial charge on any atom is 0.307 e. The van der Waals surface area contributed by atoms with Crippen molar-refractivity contribution in [2.24, 2.45) is 11.8 Å². The number of hydrogen-bond acceptors (Lipinski definition) is 3. The minimum Gasteiger partial charge on any atom is -0.481 e. The zero-order valence-electron chi connectivity index (χ0n) is 11.0. The summed E-state index contributed by atoms with van der Waals surface area (Å²) in [6.45, 7) is 2.61. The predicted octanol–water partition coefficient (Wildman–Crippen LogP) is 2.43. The summed E-state index contributed by atoms with van der Waals surface area (Å²) >= 11 is 1.69. The molecule has 0 aliphatic heterocycles. The first-order chi connectivity index (χ1) is 9.11. The summed E-state index contributed by atoms with van der Waals surface area (Å²) in [4.78, 5) is 25.5. The molecule has 0 spiro atoms. The molecular formula is C14H19NO3S. The Balaban J connectivity index is 1.88. The van der Waals surface area contributed by atoms with Crippen molar-refractivity contribution < 1.29 is 14.7 Å². The van der Waals surface area contributed by atoms with Crippen LogP contribution in [0, 0.1) is 11.8 Å². The average molecular weight is 281 g/mol. The molecule has 0 radical (unpaired) electrons. The zero-order valence-corrected chi connectivity index (χ0v) is 11.8. The van der Waals surface area contributed by atoms with Gasteiger partial charge in [0.05, 0.1) is 18.4 Å². The molecule has 104 valence electrons. The summed E-state index contributed by atoms with van der Waals surface area (Å²) in [7, 11) is 0. The van der Waals surface area contributed by atoms with Gasteiger partial charge in [0.15, 0.2) is 0 Å². The molecule has 0 aromatic carbocycles. The Morgan fingerprint density at radius 3 is 2.63 bits per heavy atom. The molecule has 0 saturated heterocycles. The van der Waals surface area contributed by atoms with Gasteiger partial charge < -0.3 is 10.4 Å². The maximum absolute atomic E-state index is 12.0. The average Bonchev–Trinajstić information content (AvgIpc) is 3.04. The highest BCUT2D eigenvalue weighted by atomic mass is 32.1. The minimum atomic E-state index is -0.845. The molecule has 1 heterocycles. The molecule has 0 bridgehead atoms. The fraction of sp³-hybridized carbons (Fsp3) is 0.571. The third-order valence-corrected chi connectivity index (χ3v) is 4.90. The Kier molecular flexibility index (Phi) is 4.58. The molecule has 1 amide bonds. The Morgan fingerprint density at radius 1 is 1.32 bits per heavy atom. The molecule has 1 aromatic rings. The molecule has 1 aliphatic rings. The number of amides is 1. The molecule has 2 rings (SSSR count). The normalized spacial score (nSPS) is 22.4. The highest BCUT2D eigenvalue weighted by molar-refractivity contribution is 7.11. The smallest absolute Gasteiger partial charge is 0.307 e. The quantitative estimate of drug-likeness (QED) is 0.871. The third kappa shape index (κ3) is 3.35. The second kappa shape index (κ2) is 6.19. The fourth-order valence-electron chi connectivity index (χ4n) is 2.58. The van der Waals surface area contributed by atoms with Crippen molar-refractivity contribution in [1.29, 1.82) is 0 Å². The number of hydrogen-bond donors (Lipinski definition) is 2. The van der Waals surface area contributed by atoms with Crippen LogP contribution in [0.2, 0.25) is 0 Å². The van der Waals surface area contributed by atoms with Gasteiger partial charge in [-0.1, -0.05) is 13.3 Å². The Labute approximate surface area is 116 Å². The molecule has 19 heavy (non-hydrogen) atoms. The van der Waals surface area contributed by atoms with Crippen LogP contribution in [0.1, 0.15) is 35.9 Å². The summed E-state index contributed by atoms with van der Waals surface area (Å²) in [6.07, 6.45) is 3.14. The Hall–Kier alpha value is -1.36. The van der Waals surface area contributed by atoms with Crippen LogP contribution in [0.3, 0.4) is 0 Å². The molecule has 4 nitrogen and oxygen atoms in total. The lowest BCUT2D eigenvalue weighted by atomic mass is 9.95. The van der Waals surface area contributed by atoms with Gasteiger partial charge in [0.2, 0.25) is 5.91 Å². The van der Waals surface area contributed by atoms with Crippen LogP contribution in [0.4, 0.5) is 0 Å². The van der Waals surface area contributed by atoms with E-state index in [2.05, 4.69) is 18.3 Å². The summed E-state index contributed by atoms with van der Waals surface area (Å²) in [6, 6.07) is 4.09. The summed E-state index contributed by atoms with van der Waals surface area (Å²) in [5, 5.41) is 11.9. The van der Waals surface area contributed by atoms with Crippen LogP contribution >= 0.6 is 11.3 Å². The van der Waals surface area contributed by atoms with E-state index in [1.807, 2.05) is 6.07 Å². The number of aryl methyl sites for hydroxylation is 1. The lowest BCUT2D eigenvalue weighted by molar-refractivity contribution is -0.146. The molecule has 1 aromatic heterocycles. The highest BCUT2D eigenvalue weighted by Crippen LogP contribution is 2.32. The van der Waals surface area contributed by atoms with Gasteiger partial charge in [0.25, 0.3) is 0 Å². The van der Waals surface area contributed by atoms with Crippen LogP contribution in [-0.4, -0.2) is 17.0 Å². The van der Waals surface area contributed by atoms with Crippen LogP contribution in [0.25, 0.3) is 0 Å². The minimum absolute atomic E-state index is 0.114. The Bertz CT molecular complexity index is 469. The Morgan fingerprint density at radius 2 is 2.00 bits per heavy atom. The SMILES string of the molecule is CCc1ccc(CNC(=O)C2CCCC2C(=O)O)s1. The van der Waals surface area contributed by atoms with E-state index in [-0.39, 0.29) is 11.8 Å². The van der Waals surface area contributed by atoms with Gasteiger partial charge in [-0.25, -0.2) is 0 Å². The van der Waals surface area contributed by atoms with Gasteiger partial charge in [0.1, 0.15) is 0 Å². The third-order valence-electron chi connectivity index (χ3n) is 3.67. The first kappa shape index (κ1) is 14.1. The second-order valence-electron chi connectivity index (χ2n) is 4.92. The zero-order chi connectivity index (χ0) is 13.8. The van der Waals surface area contributed by atoms with E-state index in [9.17, 15) is 9.59 Å². The molecule has 5 heteroatoms. The fourth-order valence-corrected chi connectivity index (χ4v) is 3.48. The number of carbonyl (C=O) groups excluding carboxylic acids is 1. The summed E-state index contributed by atoms with van der Waals surface area (Å²) < 4.78 is 0. The lowest BCUT2D eigenvalue weighted by Crippen LogP contribution is -2.34. The number of carboxylic acids is 1. The van der Waals surface area contributed by atoms with E-state index in [1.54, 1.807) is 11.3 Å². The van der Waals surface area contributed by atoms with E-state index in [0.29, 0.717) is 19.4 Å². The van der Waals surface area contributed by atoms with E-state index >= 15 is 0 Å². The van der Waals surface area contributed by atoms with Gasteiger partial charge in [-0.2, -0.15) is 0 Å². The van der Waals surface area contributed by atoms with Crippen molar-refractivity contribution in [2.45, 2.75) is 39.2 Å². The number of aliphatic carboxylic acids is 1. The highest BCUT2D eigenvalue weighted by Gasteiger charge is 2.37. The van der Waals surface area contributed by atoms with Crippen LogP contribution in [0.5, 0.6) is 0 Å². The molecule has 1 saturated carbocycles. The van der Waals surface area contributed by atoms with E-state index < -0.39 is 11.9 Å². The van der Waals surface area contributed by atoms with Gasteiger partial charge in [-0.15, -0.1) is 11.3 Å². The van der Waals surface area contributed by atoms with Crippen molar-refractivity contribution in [3.05, 3.63) is 21.9 Å². The number of carboxylic acid groups (broad SMARTS) is 1. The van der Waals surface area contributed by atoms with Crippen molar-refractivity contribution >= 4 is 23.2 Å². The molecular weight excluding hydrogens is 262 g/mol. The van der Waals surface area contributed by atoms with E-state index in [0.717, 1.165) is 17.7 Å².